The quantitative estimate of drug-likeness (QED) is 0.287. The highest BCUT2D eigenvalue weighted by Crippen LogP contribution is 2.31. The molecular formula is C28H50N2O3. The number of fused-ring (bicyclic) bond motifs is 1. The molecule has 0 saturated carbocycles. The zero-order chi connectivity index (χ0) is 23.7. The van der Waals surface area contributed by atoms with Crippen LogP contribution in [-0.2, 0) is 4.74 Å². The Balaban J connectivity index is 2.12. The van der Waals surface area contributed by atoms with Crippen molar-refractivity contribution in [2.24, 2.45) is 0 Å². The first-order valence-corrected chi connectivity index (χ1v) is 13.7. The van der Waals surface area contributed by atoms with Crippen molar-refractivity contribution in [3.8, 4) is 11.5 Å². The normalized spacial score (nSPS) is 19.6. The van der Waals surface area contributed by atoms with E-state index in [0.717, 1.165) is 50.5 Å². The van der Waals surface area contributed by atoms with Crippen LogP contribution < -0.4 is 9.47 Å². The van der Waals surface area contributed by atoms with Gasteiger partial charge in [-0.1, -0.05) is 78.4 Å². The number of nitrogens with zero attached hydrogens (tertiary/aromatic N) is 2. The Hall–Kier alpha value is -1.30. The fraction of sp³-hybridized carbons (Fsp3) is 0.786. The van der Waals surface area contributed by atoms with Gasteiger partial charge in [-0.3, -0.25) is 9.80 Å². The van der Waals surface area contributed by atoms with Crippen LogP contribution in [0.25, 0.3) is 0 Å². The third kappa shape index (κ3) is 10.2. The Labute approximate surface area is 203 Å². The van der Waals surface area contributed by atoms with Crippen LogP contribution in [0.1, 0.15) is 91.9 Å². The van der Waals surface area contributed by atoms with E-state index in [2.05, 4.69) is 49.6 Å². The molecule has 1 aliphatic rings. The Bertz CT molecular complexity index is 562. The van der Waals surface area contributed by atoms with Crippen LogP contribution in [0.4, 0.5) is 0 Å². The largest absolute Gasteiger partial charge is 0.471 e. The average molecular weight is 463 g/mol. The van der Waals surface area contributed by atoms with Gasteiger partial charge in [0.15, 0.2) is 24.0 Å². The second kappa shape index (κ2) is 17.2. The molecular weight excluding hydrogens is 412 g/mol. The molecule has 0 amide bonds. The Morgan fingerprint density at radius 1 is 0.667 bits per heavy atom. The van der Waals surface area contributed by atoms with Crippen LogP contribution in [0.15, 0.2) is 24.3 Å². The summed E-state index contributed by atoms with van der Waals surface area (Å²) in [4.78, 5) is 4.91. The highest BCUT2D eigenvalue weighted by molar-refractivity contribution is 5.39. The summed E-state index contributed by atoms with van der Waals surface area (Å²) < 4.78 is 19.3. The predicted octanol–water partition coefficient (Wildman–Crippen LogP) is 6.71. The minimum atomic E-state index is 0.00856. The lowest BCUT2D eigenvalue weighted by Gasteiger charge is -2.33. The number of unbranched alkanes of at least 4 members (excludes halogenated alkanes) is 6. The molecule has 0 bridgehead atoms. The summed E-state index contributed by atoms with van der Waals surface area (Å²) in [5.74, 6) is 1.70. The number of benzene rings is 1. The minimum absolute atomic E-state index is 0.00856. The van der Waals surface area contributed by atoms with Crippen LogP contribution >= 0.6 is 0 Å². The van der Waals surface area contributed by atoms with E-state index >= 15 is 0 Å². The molecule has 0 aromatic heterocycles. The van der Waals surface area contributed by atoms with E-state index < -0.39 is 0 Å². The fourth-order valence-electron chi connectivity index (χ4n) is 4.54. The molecule has 0 saturated heterocycles. The lowest BCUT2D eigenvalue weighted by molar-refractivity contribution is -0.00845. The van der Waals surface area contributed by atoms with Crippen LogP contribution in [0, 0.1) is 0 Å². The van der Waals surface area contributed by atoms with Gasteiger partial charge in [-0.05, 0) is 38.1 Å². The molecule has 1 aromatic carbocycles. The molecule has 0 aliphatic carbocycles. The fourth-order valence-corrected chi connectivity index (χ4v) is 4.54. The molecule has 2 unspecified atom stereocenters. The minimum Gasteiger partial charge on any atom is -0.471 e. The molecule has 1 aromatic rings. The molecule has 5 heteroatoms. The molecule has 0 radical (unpaired) electrons. The van der Waals surface area contributed by atoms with Crippen molar-refractivity contribution in [3.63, 3.8) is 0 Å². The zero-order valence-corrected chi connectivity index (χ0v) is 21.9. The third-order valence-electron chi connectivity index (χ3n) is 6.62. The van der Waals surface area contributed by atoms with Crippen LogP contribution in [0.5, 0.6) is 11.5 Å². The lowest BCUT2D eigenvalue weighted by Crippen LogP contribution is -2.41. The van der Waals surface area contributed by atoms with Gasteiger partial charge in [0.2, 0.25) is 0 Å². The number of rotatable bonds is 14. The second-order valence-electron chi connectivity index (χ2n) is 9.16. The third-order valence-corrected chi connectivity index (χ3v) is 6.62. The lowest BCUT2D eigenvalue weighted by atomic mass is 10.2. The van der Waals surface area contributed by atoms with Gasteiger partial charge >= 0.3 is 0 Å². The number of ether oxygens (including phenoxy) is 3. The van der Waals surface area contributed by atoms with E-state index in [1.165, 1.54) is 51.4 Å². The van der Waals surface area contributed by atoms with E-state index in [0.29, 0.717) is 13.2 Å². The first-order chi connectivity index (χ1) is 16.2. The molecule has 0 N–H and O–H groups in total. The molecule has 1 aliphatic heterocycles. The van der Waals surface area contributed by atoms with E-state index in [1.54, 1.807) is 0 Å². The van der Waals surface area contributed by atoms with Gasteiger partial charge in [-0.15, -0.1) is 0 Å². The van der Waals surface area contributed by atoms with Gasteiger partial charge in [0.1, 0.15) is 0 Å². The first-order valence-electron chi connectivity index (χ1n) is 13.7. The highest BCUT2D eigenvalue weighted by Gasteiger charge is 2.25. The van der Waals surface area contributed by atoms with Crippen LogP contribution in [-0.4, -0.2) is 61.6 Å². The molecule has 0 spiro atoms. The summed E-state index contributed by atoms with van der Waals surface area (Å²) >= 11 is 0. The van der Waals surface area contributed by atoms with Gasteiger partial charge in [-0.2, -0.15) is 0 Å². The zero-order valence-electron chi connectivity index (χ0n) is 21.9. The summed E-state index contributed by atoms with van der Waals surface area (Å²) in [5, 5.41) is 0. The second-order valence-corrected chi connectivity index (χ2v) is 9.16. The van der Waals surface area contributed by atoms with Gasteiger partial charge in [0, 0.05) is 25.9 Å². The maximum absolute atomic E-state index is 6.62. The maximum Gasteiger partial charge on any atom is 0.163 e. The van der Waals surface area contributed by atoms with Gasteiger partial charge < -0.3 is 14.2 Å². The Kier molecular flexibility index (Phi) is 14.5. The molecule has 0 fully saturated rings. The van der Waals surface area contributed by atoms with Gasteiger partial charge in [0.25, 0.3) is 0 Å². The van der Waals surface area contributed by atoms with Crippen molar-refractivity contribution < 1.29 is 14.2 Å². The standard InChI is InChI=1S/C28H50N2O3/c1-5-9-11-15-21-29(7-3)27-19-23-31-24-20-28(30(8-4)22-16-12-10-6-2)33-26-18-14-13-17-25(26)32-27/h13-14,17-18,27-28H,5-12,15-16,19-24H2,1-4H3. The SMILES string of the molecule is CCCCCCN(CC)C1CCOCCC(N(CC)CCCCCC)Oc2ccccc2O1. The van der Waals surface area contributed by atoms with Crippen LogP contribution in [0.3, 0.4) is 0 Å². The molecule has 2 atom stereocenters. The monoisotopic (exact) mass is 462 g/mol. The number of hydrogen-bond acceptors (Lipinski definition) is 5. The van der Waals surface area contributed by atoms with Crippen molar-refractivity contribution in [1.29, 1.82) is 0 Å². The highest BCUT2D eigenvalue weighted by atomic mass is 16.6. The average Bonchev–Trinajstić information content (AvgIpc) is 2.87. The van der Waals surface area contributed by atoms with Crippen molar-refractivity contribution in [3.05, 3.63) is 24.3 Å². The van der Waals surface area contributed by atoms with Crippen molar-refractivity contribution in [1.82, 2.24) is 9.80 Å². The summed E-state index contributed by atoms with van der Waals surface area (Å²) in [7, 11) is 0. The van der Waals surface area contributed by atoms with E-state index in [9.17, 15) is 0 Å². The van der Waals surface area contributed by atoms with Crippen LogP contribution in [0.2, 0.25) is 0 Å². The maximum atomic E-state index is 6.62. The van der Waals surface area contributed by atoms with Gasteiger partial charge in [0.05, 0.1) is 13.2 Å². The predicted molar refractivity (Wildman–Crippen MR) is 138 cm³/mol. The summed E-state index contributed by atoms with van der Waals surface area (Å²) in [5.41, 5.74) is 0. The van der Waals surface area contributed by atoms with Gasteiger partial charge in [-0.25, -0.2) is 0 Å². The number of para-hydroxylation sites is 2. The Morgan fingerprint density at radius 3 is 1.52 bits per heavy atom. The summed E-state index contributed by atoms with van der Waals surface area (Å²) in [6.07, 6.45) is 11.9. The topological polar surface area (TPSA) is 34.2 Å². The number of hydrogen-bond donors (Lipinski definition) is 0. The van der Waals surface area contributed by atoms with Crippen molar-refractivity contribution in [2.75, 3.05) is 39.4 Å². The molecule has 5 nitrogen and oxygen atoms in total. The summed E-state index contributed by atoms with van der Waals surface area (Å²) in [6, 6.07) is 8.20. The van der Waals surface area contributed by atoms with E-state index in [4.69, 9.17) is 14.2 Å². The molecule has 190 valence electrons. The molecule has 1 heterocycles. The molecule has 2 rings (SSSR count). The van der Waals surface area contributed by atoms with E-state index in [-0.39, 0.29) is 12.5 Å². The smallest absolute Gasteiger partial charge is 0.163 e. The molecule has 33 heavy (non-hydrogen) atoms. The summed E-state index contributed by atoms with van der Waals surface area (Å²) in [6.45, 7) is 14.5. The first kappa shape index (κ1) is 27.9. The Morgan fingerprint density at radius 2 is 1.12 bits per heavy atom. The van der Waals surface area contributed by atoms with Crippen molar-refractivity contribution in [2.45, 2.75) is 104 Å². The van der Waals surface area contributed by atoms with E-state index in [1.807, 2.05) is 12.1 Å². The van der Waals surface area contributed by atoms with Crippen molar-refractivity contribution >= 4 is 0 Å².